The Labute approximate surface area is 422 Å². The van der Waals surface area contributed by atoms with Gasteiger partial charge in [0.05, 0.1) is 25.5 Å². The molecule has 0 bridgehead atoms. The Morgan fingerprint density at radius 3 is 1.32 bits per heavy atom. The number of aliphatic hydroxyl groups is 1. The lowest BCUT2D eigenvalue weighted by Crippen LogP contribution is -2.60. The fourth-order valence-corrected chi connectivity index (χ4v) is 6.91. The summed E-state index contributed by atoms with van der Waals surface area (Å²) in [7, 11) is 0. The molecule has 0 saturated heterocycles. The standard InChI is InChI=1S/C46H73N11O16/c1-21(2)14-28(52-44(70)32(19-37(63)64)56-45(71)38(49)24(7)58)39(65)50-20-36(62)51-27(12-13-34(47)60)40(66)55-31(18-35(48)61)43(69)54-29(15-22(3)4)41(67)53-30(16-23(5)6)42(68)57-33(46(72)73)17-25-8-10-26(59)11-9-25/h8-11,21-24,27-33,38,58-59H,12-20,49H2,1-7H3,(H2,47,60)(H2,48,61)(H,50,65)(H,51,62)(H,52,70)(H,53,67)(H,54,69)(H,55,66)(H,56,71)(H,57,68)(H,63,64)(H,72,73)/t24-,27+,28+,29+,30+,31+,32+,33+,38+/m1/s1. The van der Waals surface area contributed by atoms with Crippen LogP contribution < -0.4 is 59.7 Å². The van der Waals surface area contributed by atoms with Gasteiger partial charge in [-0.15, -0.1) is 0 Å². The first-order valence-electron chi connectivity index (χ1n) is 23.5. The molecule has 27 heteroatoms. The predicted molar refractivity (Wildman–Crippen MR) is 258 cm³/mol. The second kappa shape index (κ2) is 31.1. The Hall–Kier alpha value is -7.42. The zero-order valence-electron chi connectivity index (χ0n) is 42.0. The number of phenolic OH excluding ortho intramolecular Hbond substituents is 1. The van der Waals surface area contributed by atoms with E-state index < -0.39 is 158 Å². The minimum Gasteiger partial charge on any atom is -0.508 e. The summed E-state index contributed by atoms with van der Waals surface area (Å²) >= 11 is 0. The molecule has 0 aliphatic carbocycles. The molecule has 0 aliphatic rings. The number of nitrogens with two attached hydrogens (primary N) is 3. The van der Waals surface area contributed by atoms with E-state index in [0.717, 1.165) is 0 Å². The first kappa shape index (κ1) is 63.6. The zero-order valence-corrected chi connectivity index (χ0v) is 42.0. The average Bonchev–Trinajstić information content (AvgIpc) is 3.27. The number of phenols is 1. The van der Waals surface area contributed by atoms with Gasteiger partial charge in [-0.2, -0.15) is 0 Å². The molecule has 0 aliphatic heterocycles. The summed E-state index contributed by atoms with van der Waals surface area (Å²) in [6, 6.07) is -6.65. The van der Waals surface area contributed by atoms with Crippen molar-refractivity contribution in [2.45, 2.75) is 154 Å². The highest BCUT2D eigenvalue weighted by Crippen LogP contribution is 2.14. The highest BCUT2D eigenvalue weighted by molar-refractivity contribution is 5.99. The Morgan fingerprint density at radius 1 is 0.507 bits per heavy atom. The van der Waals surface area contributed by atoms with Crippen molar-refractivity contribution in [2.75, 3.05) is 6.54 Å². The molecule has 408 valence electrons. The van der Waals surface area contributed by atoms with Gasteiger partial charge in [0.25, 0.3) is 0 Å². The number of carboxylic acid groups (broad SMARTS) is 2. The van der Waals surface area contributed by atoms with Crippen molar-refractivity contribution in [3.05, 3.63) is 29.8 Å². The molecule has 1 aromatic rings. The number of hydrogen-bond donors (Lipinski definition) is 15. The number of benzene rings is 1. The SMILES string of the molecule is CC(C)C[C@H](NC(=O)[C@H](CC(=O)O)NC(=O)[C@@H](N)[C@@H](C)O)C(=O)NCC(=O)N[C@@H](CCC(N)=O)C(=O)N[C@@H](CC(N)=O)C(=O)N[C@@H](CC(C)C)C(=O)N[C@@H](CC(C)C)C(=O)N[C@@H](Cc1ccc(O)cc1)C(=O)O. The van der Waals surface area contributed by atoms with Crippen molar-refractivity contribution >= 4 is 71.0 Å². The van der Waals surface area contributed by atoms with Crippen LogP contribution >= 0.6 is 0 Å². The Bertz CT molecular complexity index is 2120. The number of aromatic hydroxyl groups is 1. The largest absolute Gasteiger partial charge is 0.508 e. The topological polar surface area (TPSA) is 460 Å². The van der Waals surface area contributed by atoms with Crippen molar-refractivity contribution in [2.24, 2.45) is 35.0 Å². The quantitative estimate of drug-likeness (QED) is 0.0319. The van der Waals surface area contributed by atoms with E-state index in [1.807, 2.05) is 0 Å². The number of carbonyl (C=O) groups excluding carboxylic acids is 10. The predicted octanol–water partition coefficient (Wildman–Crippen LogP) is -4.01. The Kier molecular flexibility index (Phi) is 27.1. The van der Waals surface area contributed by atoms with Crippen molar-refractivity contribution in [3.8, 4) is 5.75 Å². The van der Waals surface area contributed by atoms with E-state index in [1.54, 1.807) is 41.5 Å². The molecular formula is C46H73N11O16. The molecule has 1 rings (SSSR count). The van der Waals surface area contributed by atoms with Gasteiger partial charge in [0.2, 0.25) is 59.1 Å². The van der Waals surface area contributed by atoms with Gasteiger partial charge in [0.15, 0.2) is 0 Å². The third-order valence-electron chi connectivity index (χ3n) is 10.6. The van der Waals surface area contributed by atoms with Gasteiger partial charge < -0.3 is 80.2 Å². The number of carboxylic acids is 2. The van der Waals surface area contributed by atoms with Crippen molar-refractivity contribution < 1.29 is 78.0 Å². The smallest absolute Gasteiger partial charge is 0.326 e. The summed E-state index contributed by atoms with van der Waals surface area (Å²) in [6.45, 7) is 10.6. The van der Waals surface area contributed by atoms with Gasteiger partial charge in [0, 0.05) is 12.8 Å². The van der Waals surface area contributed by atoms with Crippen LogP contribution in [-0.4, -0.2) is 152 Å². The third kappa shape index (κ3) is 25.0. The number of amides is 10. The van der Waals surface area contributed by atoms with E-state index in [4.69, 9.17) is 17.2 Å². The van der Waals surface area contributed by atoms with E-state index in [-0.39, 0.29) is 49.2 Å². The summed E-state index contributed by atoms with van der Waals surface area (Å²) in [5.41, 5.74) is 16.8. The lowest BCUT2D eigenvalue weighted by atomic mass is 9.99. The molecule has 0 unspecified atom stereocenters. The van der Waals surface area contributed by atoms with Crippen LogP contribution in [0.2, 0.25) is 0 Å². The summed E-state index contributed by atoms with van der Waals surface area (Å²) < 4.78 is 0. The Balaban J connectivity index is 3.30. The average molecular weight is 1040 g/mol. The lowest BCUT2D eigenvalue weighted by molar-refractivity contribution is -0.142. The first-order valence-corrected chi connectivity index (χ1v) is 23.5. The van der Waals surface area contributed by atoms with Crippen molar-refractivity contribution in [1.82, 2.24) is 42.5 Å². The number of nitrogens with one attached hydrogen (secondary N) is 8. The fourth-order valence-electron chi connectivity index (χ4n) is 6.91. The van der Waals surface area contributed by atoms with E-state index in [9.17, 15) is 78.0 Å². The van der Waals surface area contributed by atoms with Crippen molar-refractivity contribution in [3.63, 3.8) is 0 Å². The minimum atomic E-state index is -1.80. The van der Waals surface area contributed by atoms with Crippen LogP contribution in [0, 0.1) is 17.8 Å². The molecule has 73 heavy (non-hydrogen) atoms. The summed E-state index contributed by atoms with van der Waals surface area (Å²) in [6.07, 6.45) is -4.36. The second-order valence-corrected chi connectivity index (χ2v) is 18.8. The molecule has 0 aromatic heterocycles. The van der Waals surface area contributed by atoms with Crippen LogP contribution in [0.15, 0.2) is 24.3 Å². The van der Waals surface area contributed by atoms with Crippen molar-refractivity contribution in [1.29, 1.82) is 0 Å². The molecule has 10 amide bonds. The van der Waals surface area contributed by atoms with Gasteiger partial charge >= 0.3 is 11.9 Å². The highest BCUT2D eigenvalue weighted by atomic mass is 16.4. The van der Waals surface area contributed by atoms with Crippen LogP contribution in [0.4, 0.5) is 0 Å². The minimum absolute atomic E-state index is 0.0289. The first-order chi connectivity index (χ1) is 33.9. The summed E-state index contributed by atoms with van der Waals surface area (Å²) in [5, 5.41) is 57.3. The van der Waals surface area contributed by atoms with Gasteiger partial charge in [-0.1, -0.05) is 53.7 Å². The maximum absolute atomic E-state index is 13.9. The number of carbonyl (C=O) groups is 12. The monoisotopic (exact) mass is 1040 g/mol. The van der Waals surface area contributed by atoms with Gasteiger partial charge in [-0.25, -0.2) is 4.79 Å². The van der Waals surface area contributed by atoms with Crippen LogP contribution in [0.3, 0.4) is 0 Å². The normalized spacial score (nSPS) is 14.8. The second-order valence-electron chi connectivity index (χ2n) is 18.8. The molecule has 0 spiro atoms. The maximum atomic E-state index is 13.9. The molecule has 0 radical (unpaired) electrons. The molecule has 0 fully saturated rings. The number of aliphatic carboxylic acids is 2. The summed E-state index contributed by atoms with van der Waals surface area (Å²) in [5.74, 6) is -13.9. The number of aliphatic hydroxyl groups excluding tert-OH is 1. The van der Waals surface area contributed by atoms with Crippen LogP contribution in [0.5, 0.6) is 5.75 Å². The van der Waals surface area contributed by atoms with E-state index in [1.165, 1.54) is 31.2 Å². The maximum Gasteiger partial charge on any atom is 0.326 e. The van der Waals surface area contributed by atoms with Crippen LogP contribution in [0.1, 0.15) is 99.0 Å². The number of hydrogen-bond acceptors (Lipinski definition) is 15. The molecule has 9 atom stereocenters. The fraction of sp³-hybridized carbons (Fsp3) is 0.609. The number of rotatable bonds is 33. The van der Waals surface area contributed by atoms with Gasteiger partial charge in [0.1, 0.15) is 54.1 Å². The molecule has 18 N–H and O–H groups in total. The van der Waals surface area contributed by atoms with Crippen LogP contribution in [0.25, 0.3) is 0 Å². The van der Waals surface area contributed by atoms with Gasteiger partial charge in [-0.3, -0.25) is 52.7 Å². The lowest BCUT2D eigenvalue weighted by Gasteiger charge is -2.28. The van der Waals surface area contributed by atoms with E-state index in [0.29, 0.717) is 5.56 Å². The molecule has 27 nitrogen and oxygen atoms in total. The molecular weight excluding hydrogens is 963 g/mol. The van der Waals surface area contributed by atoms with Gasteiger partial charge in [-0.05, 0) is 68.1 Å². The zero-order chi connectivity index (χ0) is 55.9. The Morgan fingerprint density at radius 2 is 0.904 bits per heavy atom. The summed E-state index contributed by atoms with van der Waals surface area (Å²) in [4.78, 5) is 155. The molecule has 1 aromatic carbocycles. The third-order valence-corrected chi connectivity index (χ3v) is 10.6. The van der Waals surface area contributed by atoms with Crippen LogP contribution in [-0.2, 0) is 64.0 Å². The van der Waals surface area contributed by atoms with E-state index in [2.05, 4.69) is 42.5 Å². The molecule has 0 saturated carbocycles. The molecule has 0 heterocycles. The highest BCUT2D eigenvalue weighted by Gasteiger charge is 2.35. The number of primary amides is 2. The van der Waals surface area contributed by atoms with E-state index >= 15 is 0 Å².